The van der Waals surface area contributed by atoms with E-state index in [9.17, 15) is 4.79 Å². The molecule has 0 aliphatic heterocycles. The van der Waals surface area contributed by atoms with E-state index in [-0.39, 0.29) is 5.91 Å². The number of hydrogen-bond donors (Lipinski definition) is 1. The lowest BCUT2D eigenvalue weighted by Gasteiger charge is -2.33. The van der Waals surface area contributed by atoms with E-state index in [1.807, 2.05) is 0 Å². The Bertz CT molecular complexity index is 481. The molecule has 1 amide bonds. The van der Waals surface area contributed by atoms with Crippen molar-refractivity contribution >= 4 is 17.2 Å². The van der Waals surface area contributed by atoms with Crippen LogP contribution in [0.2, 0.25) is 0 Å². The van der Waals surface area contributed by atoms with E-state index in [0.29, 0.717) is 12.0 Å². The predicted molar refractivity (Wildman–Crippen MR) is 81.8 cm³/mol. The zero-order valence-corrected chi connectivity index (χ0v) is 12.9. The van der Waals surface area contributed by atoms with E-state index in [4.69, 9.17) is 0 Å². The van der Waals surface area contributed by atoms with Gasteiger partial charge in [0.25, 0.3) is 5.91 Å². The summed E-state index contributed by atoms with van der Waals surface area (Å²) in [5.74, 6) is 0.755. The molecule has 0 fully saturated rings. The third-order valence-electron chi connectivity index (χ3n) is 3.94. The minimum absolute atomic E-state index is 0.0339. The molecular weight excluding hydrogens is 254 g/mol. The van der Waals surface area contributed by atoms with E-state index in [1.54, 1.807) is 17.4 Å². The van der Waals surface area contributed by atoms with Gasteiger partial charge in [0.05, 0.1) is 4.88 Å². The summed E-state index contributed by atoms with van der Waals surface area (Å²) in [6.45, 7) is 11.1. The molecule has 0 unspecified atom stereocenters. The number of aryl methyl sites for hydroxylation is 1. The Morgan fingerprint density at radius 1 is 1.58 bits per heavy atom. The first-order chi connectivity index (χ1) is 8.91. The second-order valence-electron chi connectivity index (χ2n) is 6.36. The first kappa shape index (κ1) is 14.3. The molecule has 0 radical (unpaired) electrons. The fourth-order valence-electron chi connectivity index (χ4n) is 2.63. The maximum absolute atomic E-state index is 12.0. The number of carbonyl (C=O) groups excluding carboxylic acids is 1. The second kappa shape index (κ2) is 5.49. The molecule has 1 aliphatic rings. The van der Waals surface area contributed by atoms with Gasteiger partial charge in [-0.1, -0.05) is 26.8 Å². The van der Waals surface area contributed by atoms with Crippen LogP contribution in [0.4, 0.5) is 0 Å². The van der Waals surface area contributed by atoms with Crippen LogP contribution in [0, 0.1) is 11.3 Å². The molecule has 0 spiro atoms. The Balaban J connectivity index is 2.12. The van der Waals surface area contributed by atoms with E-state index in [2.05, 4.69) is 38.7 Å². The Labute approximate surface area is 119 Å². The quantitative estimate of drug-likeness (QED) is 0.836. The van der Waals surface area contributed by atoms with E-state index in [0.717, 1.165) is 23.6 Å². The Morgan fingerprint density at radius 2 is 2.32 bits per heavy atom. The van der Waals surface area contributed by atoms with Gasteiger partial charge in [-0.15, -0.1) is 17.9 Å². The van der Waals surface area contributed by atoms with Crippen molar-refractivity contribution in [3.63, 3.8) is 0 Å². The average Bonchev–Trinajstić information content (AvgIpc) is 2.77. The third kappa shape index (κ3) is 3.27. The highest BCUT2D eigenvalue weighted by Gasteiger charge is 2.30. The smallest absolute Gasteiger partial charge is 0.261 e. The molecule has 1 heterocycles. The topological polar surface area (TPSA) is 29.1 Å². The lowest BCUT2D eigenvalue weighted by Crippen LogP contribution is -2.26. The Hall–Kier alpha value is -1.09. The van der Waals surface area contributed by atoms with Crippen LogP contribution >= 0.6 is 11.3 Å². The molecule has 104 valence electrons. The number of rotatable bonds is 3. The van der Waals surface area contributed by atoms with Crippen molar-refractivity contribution in [1.29, 1.82) is 0 Å². The zero-order chi connectivity index (χ0) is 14.0. The summed E-state index contributed by atoms with van der Waals surface area (Å²) in [5, 5.41) is 2.85. The van der Waals surface area contributed by atoms with Gasteiger partial charge in [0.15, 0.2) is 0 Å². The fourth-order valence-corrected chi connectivity index (χ4v) is 3.75. The number of amides is 1. The summed E-state index contributed by atoms with van der Waals surface area (Å²) >= 11 is 1.66. The highest BCUT2D eigenvalue weighted by molar-refractivity contribution is 7.14. The van der Waals surface area contributed by atoms with Crippen LogP contribution in [0.3, 0.4) is 0 Å². The Morgan fingerprint density at radius 3 is 2.95 bits per heavy atom. The molecule has 1 N–H and O–H groups in total. The van der Waals surface area contributed by atoms with Crippen LogP contribution in [0.25, 0.3) is 0 Å². The van der Waals surface area contributed by atoms with Crippen molar-refractivity contribution < 1.29 is 4.79 Å². The molecule has 1 aliphatic carbocycles. The number of thiophene rings is 1. The molecule has 1 aromatic heterocycles. The van der Waals surface area contributed by atoms with Gasteiger partial charge in [-0.05, 0) is 42.2 Å². The zero-order valence-electron chi connectivity index (χ0n) is 12.1. The monoisotopic (exact) mass is 277 g/mol. The van der Waals surface area contributed by atoms with Crippen molar-refractivity contribution in [2.45, 2.75) is 40.0 Å². The van der Waals surface area contributed by atoms with Crippen LogP contribution < -0.4 is 5.32 Å². The van der Waals surface area contributed by atoms with E-state index in [1.165, 1.54) is 16.9 Å². The van der Waals surface area contributed by atoms with Gasteiger partial charge < -0.3 is 5.32 Å². The molecule has 0 aromatic carbocycles. The summed E-state index contributed by atoms with van der Waals surface area (Å²) in [6, 6.07) is 2.09. The average molecular weight is 277 g/mol. The minimum atomic E-state index is 0.0339. The van der Waals surface area contributed by atoms with Gasteiger partial charge in [-0.2, -0.15) is 0 Å². The largest absolute Gasteiger partial charge is 0.348 e. The third-order valence-corrected chi connectivity index (χ3v) is 5.17. The van der Waals surface area contributed by atoms with Gasteiger partial charge in [0.1, 0.15) is 0 Å². The van der Waals surface area contributed by atoms with E-state index >= 15 is 0 Å². The van der Waals surface area contributed by atoms with Crippen molar-refractivity contribution in [2.24, 2.45) is 11.3 Å². The molecule has 0 bridgehead atoms. The standard InChI is InChI=1S/C16H23NOS/c1-5-8-17-15(18)14-10-11-9-12(16(2,3)4)6-7-13(11)19-14/h5,10,12H,1,6-9H2,2-4H3,(H,17,18)/t12-/m0/s1. The molecule has 0 saturated carbocycles. The van der Waals surface area contributed by atoms with Gasteiger partial charge in [-0.3, -0.25) is 4.79 Å². The van der Waals surface area contributed by atoms with Gasteiger partial charge in [0.2, 0.25) is 0 Å². The summed E-state index contributed by atoms with van der Waals surface area (Å²) < 4.78 is 0. The molecule has 3 heteroatoms. The van der Waals surface area contributed by atoms with Crippen LogP contribution in [-0.2, 0) is 12.8 Å². The maximum atomic E-state index is 12.0. The highest BCUT2D eigenvalue weighted by atomic mass is 32.1. The SMILES string of the molecule is C=CCNC(=O)c1cc2c(s1)CC[C@H](C(C)(C)C)C2. The summed E-state index contributed by atoms with van der Waals surface area (Å²) in [6.07, 6.45) is 5.19. The summed E-state index contributed by atoms with van der Waals surface area (Å²) in [7, 11) is 0. The van der Waals surface area contributed by atoms with Gasteiger partial charge in [-0.25, -0.2) is 0 Å². The first-order valence-corrected chi connectivity index (χ1v) is 7.74. The number of hydrogen-bond acceptors (Lipinski definition) is 2. The first-order valence-electron chi connectivity index (χ1n) is 6.92. The summed E-state index contributed by atoms with van der Waals surface area (Å²) in [4.78, 5) is 14.2. The molecule has 1 aromatic rings. The number of nitrogens with one attached hydrogen (secondary N) is 1. The molecule has 1 atom stereocenters. The second-order valence-corrected chi connectivity index (χ2v) is 7.50. The van der Waals surface area contributed by atoms with Crippen LogP contribution in [0.15, 0.2) is 18.7 Å². The molecular formula is C16H23NOS. The molecule has 2 nitrogen and oxygen atoms in total. The lowest BCUT2D eigenvalue weighted by molar-refractivity contribution is 0.0962. The minimum Gasteiger partial charge on any atom is -0.348 e. The van der Waals surface area contributed by atoms with E-state index < -0.39 is 0 Å². The predicted octanol–water partition coefficient (Wildman–Crippen LogP) is 3.81. The molecule has 2 rings (SSSR count). The molecule has 19 heavy (non-hydrogen) atoms. The van der Waals surface area contributed by atoms with Crippen LogP contribution in [0.1, 0.15) is 47.3 Å². The number of fused-ring (bicyclic) bond motifs is 1. The Kier molecular flexibility index (Phi) is 4.14. The van der Waals surface area contributed by atoms with Crippen molar-refractivity contribution in [3.8, 4) is 0 Å². The van der Waals surface area contributed by atoms with Crippen LogP contribution in [0.5, 0.6) is 0 Å². The lowest BCUT2D eigenvalue weighted by atomic mass is 9.72. The van der Waals surface area contributed by atoms with Crippen LogP contribution in [-0.4, -0.2) is 12.5 Å². The van der Waals surface area contributed by atoms with Crippen molar-refractivity contribution in [3.05, 3.63) is 34.0 Å². The highest BCUT2D eigenvalue weighted by Crippen LogP contribution is 2.39. The molecule has 0 saturated heterocycles. The van der Waals surface area contributed by atoms with Gasteiger partial charge >= 0.3 is 0 Å². The number of carbonyl (C=O) groups is 1. The normalized spacial score (nSPS) is 18.8. The summed E-state index contributed by atoms with van der Waals surface area (Å²) in [5.41, 5.74) is 1.74. The van der Waals surface area contributed by atoms with Crippen molar-refractivity contribution in [2.75, 3.05) is 6.54 Å². The fraction of sp³-hybridized carbons (Fsp3) is 0.562. The van der Waals surface area contributed by atoms with Gasteiger partial charge in [0, 0.05) is 11.4 Å². The maximum Gasteiger partial charge on any atom is 0.261 e. The van der Waals surface area contributed by atoms with Crippen molar-refractivity contribution in [1.82, 2.24) is 5.32 Å².